The number of aromatic amines is 1. The third kappa shape index (κ3) is 4.79. The number of hydrogen-bond acceptors (Lipinski definition) is 4. The van der Waals surface area contributed by atoms with Gasteiger partial charge in [0.2, 0.25) is 5.75 Å². The maximum Gasteiger partial charge on any atom is 0.203 e. The van der Waals surface area contributed by atoms with Crippen LogP contribution in [-0.4, -0.2) is 31.0 Å². The molecule has 0 spiro atoms. The van der Waals surface area contributed by atoms with Crippen LogP contribution < -0.4 is 26.6 Å². The van der Waals surface area contributed by atoms with E-state index >= 15 is 0 Å². The molecular weight excluding hydrogens is 316 g/mol. The zero-order chi connectivity index (χ0) is 15.9. The average molecular weight is 340 g/mol. The number of hydrogen-bond donors (Lipinski definition) is 1. The Morgan fingerprint density at radius 2 is 1.70 bits per heavy atom. The molecule has 0 atom stereocenters. The molecule has 0 amide bonds. The van der Waals surface area contributed by atoms with Crippen molar-refractivity contribution >= 4 is 0 Å². The van der Waals surface area contributed by atoms with E-state index in [0.29, 0.717) is 23.9 Å². The zero-order valence-electron chi connectivity index (χ0n) is 14.1. The number of halogens is 1. The SMILES string of the molecule is COc1cccc(OC)c1OCCCCc1c(C)n[nH]c1C.[Cl-]. The van der Waals surface area contributed by atoms with Crippen molar-refractivity contribution in [2.45, 2.75) is 33.1 Å². The fourth-order valence-corrected chi connectivity index (χ4v) is 2.48. The van der Waals surface area contributed by atoms with Crippen LogP contribution in [0.2, 0.25) is 0 Å². The zero-order valence-corrected chi connectivity index (χ0v) is 14.9. The summed E-state index contributed by atoms with van der Waals surface area (Å²) in [5.74, 6) is 2.06. The molecule has 0 radical (unpaired) electrons. The van der Waals surface area contributed by atoms with Crippen molar-refractivity contribution in [1.82, 2.24) is 10.2 Å². The van der Waals surface area contributed by atoms with Gasteiger partial charge in [0.25, 0.3) is 0 Å². The Bertz CT molecular complexity index is 572. The number of methoxy groups -OCH3 is 2. The Kier molecular flexibility index (Phi) is 7.75. The number of ether oxygens (including phenoxy) is 3. The van der Waals surface area contributed by atoms with Crippen LogP contribution in [0.4, 0.5) is 0 Å². The van der Waals surface area contributed by atoms with Crippen LogP contribution in [0, 0.1) is 13.8 Å². The summed E-state index contributed by atoms with van der Waals surface area (Å²) >= 11 is 0. The van der Waals surface area contributed by atoms with Gasteiger partial charge < -0.3 is 26.6 Å². The van der Waals surface area contributed by atoms with Gasteiger partial charge in [-0.2, -0.15) is 5.10 Å². The summed E-state index contributed by atoms with van der Waals surface area (Å²) in [6.45, 7) is 4.73. The molecule has 0 saturated heterocycles. The summed E-state index contributed by atoms with van der Waals surface area (Å²) in [7, 11) is 3.26. The summed E-state index contributed by atoms with van der Waals surface area (Å²) in [6.07, 6.45) is 3.03. The van der Waals surface area contributed by atoms with Crippen LogP contribution >= 0.6 is 0 Å². The van der Waals surface area contributed by atoms with Gasteiger partial charge in [-0.15, -0.1) is 0 Å². The highest BCUT2D eigenvalue weighted by atomic mass is 35.5. The largest absolute Gasteiger partial charge is 1.00 e. The number of aromatic nitrogens is 2. The van der Waals surface area contributed by atoms with Crippen molar-refractivity contribution < 1.29 is 26.6 Å². The van der Waals surface area contributed by atoms with Gasteiger partial charge in [-0.1, -0.05) is 6.07 Å². The third-order valence-electron chi connectivity index (χ3n) is 3.73. The van der Waals surface area contributed by atoms with E-state index in [1.165, 1.54) is 5.56 Å². The standard InChI is InChI=1S/C17H24N2O3.ClH/c1-12-14(13(2)19-18-12)8-5-6-11-22-17-15(20-3)9-7-10-16(17)21-4;/h7,9-10H,5-6,8,11H2,1-4H3,(H,18,19);1H/p-1. The normalized spacial score (nSPS) is 10.1. The highest BCUT2D eigenvalue weighted by Gasteiger charge is 2.11. The van der Waals surface area contributed by atoms with Crippen LogP contribution in [-0.2, 0) is 6.42 Å². The van der Waals surface area contributed by atoms with Crippen LogP contribution in [0.5, 0.6) is 17.2 Å². The van der Waals surface area contributed by atoms with E-state index in [9.17, 15) is 0 Å². The number of nitrogens with one attached hydrogen (secondary N) is 1. The second kappa shape index (κ2) is 9.30. The van der Waals surface area contributed by atoms with Crippen molar-refractivity contribution in [1.29, 1.82) is 0 Å². The minimum absolute atomic E-state index is 0. The second-order valence-corrected chi connectivity index (χ2v) is 5.21. The molecule has 0 aliphatic rings. The van der Waals surface area contributed by atoms with E-state index < -0.39 is 0 Å². The number of nitrogens with zero attached hydrogens (tertiary/aromatic N) is 1. The quantitative estimate of drug-likeness (QED) is 0.710. The lowest BCUT2D eigenvalue weighted by atomic mass is 10.1. The van der Waals surface area contributed by atoms with E-state index in [1.807, 2.05) is 25.1 Å². The predicted octanol–water partition coefficient (Wildman–Crippen LogP) is 0.449. The number of benzene rings is 1. The van der Waals surface area contributed by atoms with Gasteiger partial charge in [-0.25, -0.2) is 0 Å². The molecule has 5 nitrogen and oxygen atoms in total. The van der Waals surface area contributed by atoms with Gasteiger partial charge in [0.05, 0.1) is 26.5 Å². The minimum Gasteiger partial charge on any atom is -1.00 e. The summed E-state index contributed by atoms with van der Waals surface area (Å²) < 4.78 is 16.5. The molecule has 0 fully saturated rings. The van der Waals surface area contributed by atoms with E-state index in [1.54, 1.807) is 14.2 Å². The topological polar surface area (TPSA) is 56.4 Å². The van der Waals surface area contributed by atoms with Crippen LogP contribution in [0.25, 0.3) is 0 Å². The third-order valence-corrected chi connectivity index (χ3v) is 3.73. The molecule has 0 saturated carbocycles. The average Bonchev–Trinajstić information content (AvgIpc) is 2.86. The van der Waals surface area contributed by atoms with E-state index in [0.717, 1.165) is 30.7 Å². The molecule has 0 aliphatic heterocycles. The van der Waals surface area contributed by atoms with Gasteiger partial charge in [0.1, 0.15) is 0 Å². The van der Waals surface area contributed by atoms with Crippen LogP contribution in [0.1, 0.15) is 29.8 Å². The molecule has 2 rings (SSSR count). The minimum atomic E-state index is 0. The Morgan fingerprint density at radius 3 is 2.22 bits per heavy atom. The second-order valence-electron chi connectivity index (χ2n) is 5.21. The van der Waals surface area contributed by atoms with Crippen molar-refractivity contribution in [3.63, 3.8) is 0 Å². The molecule has 0 bridgehead atoms. The molecule has 128 valence electrons. The first-order chi connectivity index (χ1) is 10.7. The maximum absolute atomic E-state index is 5.86. The Morgan fingerprint density at radius 1 is 1.04 bits per heavy atom. The summed E-state index contributed by atoms with van der Waals surface area (Å²) in [6, 6.07) is 5.63. The molecule has 0 aliphatic carbocycles. The molecule has 6 heteroatoms. The molecule has 1 N–H and O–H groups in total. The predicted molar refractivity (Wildman–Crippen MR) is 86.0 cm³/mol. The van der Waals surface area contributed by atoms with Crippen molar-refractivity contribution in [2.75, 3.05) is 20.8 Å². The molecule has 1 aromatic carbocycles. The summed E-state index contributed by atoms with van der Waals surface area (Å²) in [4.78, 5) is 0. The van der Waals surface area contributed by atoms with Crippen LogP contribution in [0.15, 0.2) is 18.2 Å². The highest BCUT2D eigenvalue weighted by Crippen LogP contribution is 2.36. The van der Waals surface area contributed by atoms with Gasteiger partial charge in [-0.3, -0.25) is 5.10 Å². The number of aryl methyl sites for hydroxylation is 2. The molecule has 23 heavy (non-hydrogen) atoms. The van der Waals surface area contributed by atoms with Gasteiger partial charge in [0, 0.05) is 5.69 Å². The van der Waals surface area contributed by atoms with Gasteiger partial charge in [0.15, 0.2) is 11.5 Å². The molecule has 1 heterocycles. The number of para-hydroxylation sites is 1. The van der Waals surface area contributed by atoms with Crippen LogP contribution in [0.3, 0.4) is 0 Å². The number of unbranched alkanes of at least 4 members (excludes halogenated alkanes) is 1. The maximum atomic E-state index is 5.86. The fraction of sp³-hybridized carbons (Fsp3) is 0.471. The summed E-state index contributed by atoms with van der Waals surface area (Å²) in [5, 5.41) is 7.24. The van der Waals surface area contributed by atoms with E-state index in [4.69, 9.17) is 14.2 Å². The molecular formula is C17H24ClN2O3-. The lowest BCUT2D eigenvalue weighted by Gasteiger charge is -2.14. The Labute approximate surface area is 143 Å². The Balaban J connectivity index is 0.00000264. The Hall–Kier alpha value is -1.88. The van der Waals surface area contributed by atoms with Gasteiger partial charge in [-0.05, 0) is 50.8 Å². The number of H-pyrrole nitrogens is 1. The lowest BCUT2D eigenvalue weighted by molar-refractivity contribution is -0.00000570. The smallest absolute Gasteiger partial charge is 0.203 e. The first-order valence-electron chi connectivity index (χ1n) is 7.51. The van der Waals surface area contributed by atoms with E-state index in [-0.39, 0.29) is 12.4 Å². The van der Waals surface area contributed by atoms with Gasteiger partial charge >= 0.3 is 0 Å². The van der Waals surface area contributed by atoms with E-state index in [2.05, 4.69) is 17.1 Å². The van der Waals surface area contributed by atoms with Crippen molar-refractivity contribution in [3.05, 3.63) is 35.2 Å². The fourth-order valence-electron chi connectivity index (χ4n) is 2.48. The molecule has 2 aromatic rings. The van der Waals surface area contributed by atoms with Crippen molar-refractivity contribution in [2.24, 2.45) is 0 Å². The monoisotopic (exact) mass is 339 g/mol. The first-order valence-corrected chi connectivity index (χ1v) is 7.51. The lowest BCUT2D eigenvalue weighted by Crippen LogP contribution is -3.00. The number of rotatable bonds is 8. The molecule has 1 aromatic heterocycles. The highest BCUT2D eigenvalue weighted by molar-refractivity contribution is 5.51. The van der Waals surface area contributed by atoms with Crippen molar-refractivity contribution in [3.8, 4) is 17.2 Å². The molecule has 0 unspecified atom stereocenters. The first kappa shape index (κ1) is 19.2. The summed E-state index contributed by atoms with van der Waals surface area (Å²) in [5.41, 5.74) is 3.56.